The lowest BCUT2D eigenvalue weighted by molar-refractivity contribution is 0.902. The quantitative estimate of drug-likeness (QED) is 0.665. The van der Waals surface area contributed by atoms with Gasteiger partial charge in [-0.25, -0.2) is 0 Å². The van der Waals surface area contributed by atoms with Crippen LogP contribution >= 0.6 is 0 Å². The molecular weight excluding hydrogens is 148 g/mol. The second-order valence-corrected chi connectivity index (χ2v) is 3.09. The highest BCUT2D eigenvalue weighted by atomic mass is 15.0. The van der Waals surface area contributed by atoms with Crippen molar-refractivity contribution in [2.45, 2.75) is 26.7 Å². The van der Waals surface area contributed by atoms with Gasteiger partial charge in [0.25, 0.3) is 0 Å². The van der Waals surface area contributed by atoms with Gasteiger partial charge in [0.05, 0.1) is 0 Å². The number of aliphatic imine (C=N–C) groups is 1. The average molecular weight is 164 g/mol. The molecule has 0 unspecified atom stereocenters. The van der Waals surface area contributed by atoms with E-state index in [2.05, 4.69) is 36.8 Å². The number of amidine groups is 1. The standard InChI is InChI=1S/C10H16N2/c1-4-9(3)12-10-7-8(2)5-6-11-10/h7H,3-6H2,1-2H3,(H,11,12). The molecule has 0 fully saturated rings. The number of hydrogen-bond donors (Lipinski definition) is 1. The summed E-state index contributed by atoms with van der Waals surface area (Å²) in [5, 5.41) is 3.18. The van der Waals surface area contributed by atoms with Crippen molar-refractivity contribution in [3.63, 3.8) is 0 Å². The Kier molecular flexibility index (Phi) is 3.09. The van der Waals surface area contributed by atoms with Crippen molar-refractivity contribution in [3.05, 3.63) is 23.9 Å². The van der Waals surface area contributed by atoms with Crippen LogP contribution in [0.3, 0.4) is 0 Å². The highest BCUT2D eigenvalue weighted by Crippen LogP contribution is 2.06. The number of hydrogen-bond acceptors (Lipinski definition) is 2. The molecule has 1 rings (SSSR count). The third kappa shape index (κ3) is 2.53. The minimum atomic E-state index is 0.904. The van der Waals surface area contributed by atoms with Gasteiger partial charge in [0, 0.05) is 12.2 Å². The van der Waals surface area contributed by atoms with Gasteiger partial charge in [-0.1, -0.05) is 19.1 Å². The molecule has 0 aromatic rings. The van der Waals surface area contributed by atoms with E-state index in [0.29, 0.717) is 0 Å². The van der Waals surface area contributed by atoms with Gasteiger partial charge >= 0.3 is 0 Å². The molecule has 1 aliphatic heterocycles. The highest BCUT2D eigenvalue weighted by molar-refractivity contribution is 5.95. The Hall–Kier alpha value is -1.05. The van der Waals surface area contributed by atoms with Crippen LogP contribution < -0.4 is 5.32 Å². The lowest BCUT2D eigenvalue weighted by atomic mass is 10.1. The first-order chi connectivity index (χ1) is 5.72. The lowest BCUT2D eigenvalue weighted by Gasteiger charge is -2.12. The van der Waals surface area contributed by atoms with Crippen LogP contribution in [-0.4, -0.2) is 12.4 Å². The second-order valence-electron chi connectivity index (χ2n) is 3.09. The maximum Gasteiger partial charge on any atom is 0.124 e. The normalized spacial score (nSPS) is 16.5. The fourth-order valence-electron chi connectivity index (χ4n) is 1.05. The van der Waals surface area contributed by atoms with Gasteiger partial charge in [0.1, 0.15) is 5.84 Å². The molecule has 0 bridgehead atoms. The van der Waals surface area contributed by atoms with Crippen LogP contribution in [0.2, 0.25) is 0 Å². The third-order valence-corrected chi connectivity index (χ3v) is 1.90. The van der Waals surface area contributed by atoms with Crippen molar-refractivity contribution in [2.75, 3.05) is 6.54 Å². The molecule has 0 amide bonds. The molecule has 0 atom stereocenters. The molecule has 0 aliphatic carbocycles. The van der Waals surface area contributed by atoms with Crippen LogP contribution in [0.15, 0.2) is 28.9 Å². The van der Waals surface area contributed by atoms with E-state index in [-0.39, 0.29) is 0 Å². The zero-order valence-corrected chi connectivity index (χ0v) is 7.85. The van der Waals surface area contributed by atoms with Crippen molar-refractivity contribution in [1.29, 1.82) is 0 Å². The maximum absolute atomic E-state index is 4.34. The number of nitrogens with one attached hydrogen (secondary N) is 1. The highest BCUT2D eigenvalue weighted by Gasteiger charge is 2.02. The van der Waals surface area contributed by atoms with Gasteiger partial charge in [-0.2, -0.15) is 0 Å². The summed E-state index contributed by atoms with van der Waals surface area (Å²) < 4.78 is 0. The summed E-state index contributed by atoms with van der Waals surface area (Å²) in [6, 6.07) is 0. The summed E-state index contributed by atoms with van der Waals surface area (Å²) in [5.41, 5.74) is 2.41. The van der Waals surface area contributed by atoms with Gasteiger partial charge in [-0.05, 0) is 25.8 Å². The van der Waals surface area contributed by atoms with Crippen LogP contribution in [0.5, 0.6) is 0 Å². The van der Waals surface area contributed by atoms with Gasteiger partial charge in [-0.3, -0.25) is 4.99 Å². The molecule has 0 radical (unpaired) electrons. The van der Waals surface area contributed by atoms with Gasteiger partial charge in [-0.15, -0.1) is 0 Å². The fraction of sp³-hybridized carbons (Fsp3) is 0.500. The Labute approximate surface area is 74.1 Å². The largest absolute Gasteiger partial charge is 0.345 e. The maximum atomic E-state index is 4.34. The summed E-state index contributed by atoms with van der Waals surface area (Å²) in [6.45, 7) is 8.98. The Morgan fingerprint density at radius 3 is 3.08 bits per heavy atom. The first-order valence-corrected chi connectivity index (χ1v) is 4.38. The summed E-state index contributed by atoms with van der Waals surface area (Å²) >= 11 is 0. The van der Waals surface area contributed by atoms with Crippen molar-refractivity contribution in [1.82, 2.24) is 5.32 Å². The molecule has 0 aromatic carbocycles. The molecule has 1 aliphatic rings. The molecule has 12 heavy (non-hydrogen) atoms. The number of dihydropyridines is 1. The van der Waals surface area contributed by atoms with Crippen molar-refractivity contribution < 1.29 is 0 Å². The molecule has 2 nitrogen and oxygen atoms in total. The molecule has 1 N–H and O–H groups in total. The van der Waals surface area contributed by atoms with E-state index in [1.807, 2.05) is 0 Å². The number of rotatable bonds is 2. The van der Waals surface area contributed by atoms with E-state index in [1.165, 1.54) is 5.57 Å². The van der Waals surface area contributed by atoms with E-state index in [0.717, 1.165) is 30.9 Å². The minimum absolute atomic E-state index is 0.904. The minimum Gasteiger partial charge on any atom is -0.345 e. The molecule has 0 saturated carbocycles. The summed E-state index contributed by atoms with van der Waals surface area (Å²) in [5.74, 6) is 0.964. The smallest absolute Gasteiger partial charge is 0.124 e. The van der Waals surface area contributed by atoms with Crippen LogP contribution in [0, 0.1) is 0 Å². The third-order valence-electron chi connectivity index (χ3n) is 1.90. The van der Waals surface area contributed by atoms with Crippen molar-refractivity contribution >= 4 is 5.84 Å². The predicted molar refractivity (Wildman–Crippen MR) is 53.2 cm³/mol. The molecular formula is C10H16N2. The molecule has 0 aromatic heterocycles. The fourth-order valence-corrected chi connectivity index (χ4v) is 1.05. The Bertz CT molecular complexity index is 236. The van der Waals surface area contributed by atoms with Gasteiger partial charge in [0.2, 0.25) is 0 Å². The zero-order chi connectivity index (χ0) is 8.97. The van der Waals surface area contributed by atoms with Crippen LogP contribution in [0.1, 0.15) is 26.7 Å². The predicted octanol–water partition coefficient (Wildman–Crippen LogP) is 2.25. The van der Waals surface area contributed by atoms with E-state index >= 15 is 0 Å². The van der Waals surface area contributed by atoms with E-state index in [9.17, 15) is 0 Å². The Balaban J connectivity index is 2.53. The molecule has 0 saturated heterocycles. The summed E-state index contributed by atoms with van der Waals surface area (Å²) in [4.78, 5) is 4.34. The Morgan fingerprint density at radius 1 is 1.75 bits per heavy atom. The molecule has 1 heterocycles. The SMILES string of the molecule is C=C(CC)NC1=NCCC(C)=C1. The van der Waals surface area contributed by atoms with Crippen LogP contribution in [0.25, 0.3) is 0 Å². The van der Waals surface area contributed by atoms with E-state index in [1.54, 1.807) is 0 Å². The van der Waals surface area contributed by atoms with E-state index in [4.69, 9.17) is 0 Å². The first kappa shape index (κ1) is 9.04. The Morgan fingerprint density at radius 2 is 2.50 bits per heavy atom. The first-order valence-electron chi connectivity index (χ1n) is 4.38. The number of nitrogens with zero attached hydrogens (tertiary/aromatic N) is 1. The second kappa shape index (κ2) is 4.10. The average Bonchev–Trinajstić information content (AvgIpc) is 2.04. The monoisotopic (exact) mass is 164 g/mol. The van der Waals surface area contributed by atoms with Crippen LogP contribution in [-0.2, 0) is 0 Å². The summed E-state index contributed by atoms with van der Waals surface area (Å²) in [7, 11) is 0. The van der Waals surface area contributed by atoms with Crippen molar-refractivity contribution in [3.8, 4) is 0 Å². The lowest BCUT2D eigenvalue weighted by Crippen LogP contribution is -2.22. The topological polar surface area (TPSA) is 24.4 Å². The summed E-state index contributed by atoms with van der Waals surface area (Å²) in [6.07, 6.45) is 4.13. The molecule has 0 spiro atoms. The van der Waals surface area contributed by atoms with Gasteiger partial charge < -0.3 is 5.32 Å². The zero-order valence-electron chi connectivity index (χ0n) is 7.85. The van der Waals surface area contributed by atoms with Crippen LogP contribution in [0.4, 0.5) is 0 Å². The number of allylic oxidation sites excluding steroid dienone is 1. The molecule has 2 heteroatoms. The molecule has 66 valence electrons. The van der Waals surface area contributed by atoms with E-state index < -0.39 is 0 Å². The van der Waals surface area contributed by atoms with Crippen molar-refractivity contribution in [2.24, 2.45) is 4.99 Å². The van der Waals surface area contributed by atoms with Gasteiger partial charge in [0.15, 0.2) is 0 Å².